The Morgan fingerprint density at radius 3 is 2.48 bits per heavy atom. The van der Waals surface area contributed by atoms with Crippen molar-refractivity contribution in [2.24, 2.45) is 5.41 Å². The summed E-state index contributed by atoms with van der Waals surface area (Å²) < 4.78 is 30.4. The van der Waals surface area contributed by atoms with Crippen molar-refractivity contribution in [3.8, 4) is 23.3 Å². The van der Waals surface area contributed by atoms with Gasteiger partial charge in [-0.3, -0.25) is 4.98 Å². The third-order valence-electron chi connectivity index (χ3n) is 8.13. The summed E-state index contributed by atoms with van der Waals surface area (Å²) in [6.45, 7) is 3.70. The van der Waals surface area contributed by atoms with E-state index in [9.17, 15) is 9.65 Å². The second kappa shape index (κ2) is 12.3. The van der Waals surface area contributed by atoms with Crippen LogP contribution in [0.2, 0.25) is 10.0 Å². The van der Waals surface area contributed by atoms with Gasteiger partial charge in [0, 0.05) is 23.7 Å². The second-order valence-electron chi connectivity index (χ2n) is 10.7. The number of likely N-dealkylation sites (tertiary alicyclic amines) is 1. The van der Waals surface area contributed by atoms with Gasteiger partial charge in [0.05, 0.1) is 53.3 Å². The van der Waals surface area contributed by atoms with Crippen molar-refractivity contribution in [3.05, 3.63) is 46.1 Å². The summed E-state index contributed by atoms with van der Waals surface area (Å²) in [5.41, 5.74) is 2.35. The fraction of sp³-hybridized carbons (Fsp3) is 0.467. The standard InChI is InChI=1S/C30H33Cl2FN4O3/c1-38-26-14-25(22(31)12-23(26)32)36-29-19(17-34)18-35-24-13-28(27(39-2)11-21(24)29)40-10-4-3-7-37-8-5-30(6-9-37)15-20(33)16-30/h11-14,18,20H,3-10,15-16H2,1-2H3,(H,35,36). The van der Waals surface area contributed by atoms with Crippen molar-refractivity contribution < 1.29 is 18.6 Å². The first kappa shape index (κ1) is 28.5. The van der Waals surface area contributed by atoms with Gasteiger partial charge in [0.2, 0.25) is 0 Å². The number of alkyl halides is 1. The monoisotopic (exact) mass is 586 g/mol. The Morgan fingerprint density at radius 2 is 1.80 bits per heavy atom. The van der Waals surface area contributed by atoms with E-state index >= 15 is 0 Å². The number of nitrogens with one attached hydrogen (secondary N) is 1. The lowest BCUT2D eigenvalue weighted by molar-refractivity contribution is -0.0287. The van der Waals surface area contributed by atoms with Gasteiger partial charge < -0.3 is 24.4 Å². The second-order valence-corrected chi connectivity index (χ2v) is 11.5. The number of fused-ring (bicyclic) bond motifs is 1. The molecule has 1 saturated carbocycles. The molecule has 1 aliphatic carbocycles. The summed E-state index contributed by atoms with van der Waals surface area (Å²) in [6, 6.07) is 9.10. The molecule has 0 amide bonds. The quantitative estimate of drug-likeness (QED) is 0.246. The van der Waals surface area contributed by atoms with Crippen molar-refractivity contribution >= 4 is 45.5 Å². The topological polar surface area (TPSA) is 79.6 Å². The molecule has 2 heterocycles. The summed E-state index contributed by atoms with van der Waals surface area (Å²) in [7, 11) is 3.11. The van der Waals surface area contributed by atoms with Gasteiger partial charge >= 0.3 is 0 Å². The van der Waals surface area contributed by atoms with Gasteiger partial charge in [-0.05, 0) is 75.7 Å². The number of ether oxygens (including phenoxy) is 3. The molecule has 0 radical (unpaired) electrons. The van der Waals surface area contributed by atoms with E-state index in [2.05, 4.69) is 21.3 Å². The van der Waals surface area contributed by atoms with Crippen molar-refractivity contribution in [2.45, 2.75) is 44.7 Å². The maximum atomic E-state index is 13.3. The van der Waals surface area contributed by atoms with Crippen LogP contribution in [0.15, 0.2) is 30.5 Å². The highest BCUT2D eigenvalue weighted by atomic mass is 35.5. The zero-order chi connectivity index (χ0) is 28.3. The van der Waals surface area contributed by atoms with E-state index in [-0.39, 0.29) is 5.41 Å². The van der Waals surface area contributed by atoms with Gasteiger partial charge in [0.25, 0.3) is 0 Å². The highest BCUT2D eigenvalue weighted by Crippen LogP contribution is 2.50. The van der Waals surface area contributed by atoms with E-state index in [4.69, 9.17) is 37.4 Å². The molecular formula is C30H33Cl2FN4O3. The number of methoxy groups -OCH3 is 2. The highest BCUT2D eigenvalue weighted by molar-refractivity contribution is 6.37. The molecule has 2 fully saturated rings. The van der Waals surface area contributed by atoms with Crippen LogP contribution in [0.25, 0.3) is 10.9 Å². The number of hydrogen-bond donors (Lipinski definition) is 1. The number of anilines is 2. The van der Waals surface area contributed by atoms with Crippen LogP contribution in [0.1, 0.15) is 44.1 Å². The first-order valence-corrected chi connectivity index (χ1v) is 14.3. The Labute approximate surface area is 244 Å². The highest BCUT2D eigenvalue weighted by Gasteiger charge is 2.45. The van der Waals surface area contributed by atoms with E-state index in [1.807, 2.05) is 12.1 Å². The molecule has 2 aliphatic rings. The van der Waals surface area contributed by atoms with E-state index in [0.29, 0.717) is 61.7 Å². The lowest BCUT2D eigenvalue weighted by atomic mass is 9.62. The molecule has 0 atom stereocenters. The molecule has 0 bridgehead atoms. The number of pyridine rings is 1. The fourth-order valence-electron chi connectivity index (χ4n) is 5.77. The number of aromatic nitrogens is 1. The van der Waals surface area contributed by atoms with Gasteiger partial charge in [-0.2, -0.15) is 5.26 Å². The molecule has 5 rings (SSSR count). The minimum absolute atomic E-state index is 0.289. The van der Waals surface area contributed by atoms with Crippen molar-refractivity contribution in [2.75, 3.05) is 45.8 Å². The third-order valence-corrected chi connectivity index (χ3v) is 8.74. The molecule has 1 N–H and O–H groups in total. The average Bonchev–Trinajstić information content (AvgIpc) is 2.94. The number of hydrogen-bond acceptors (Lipinski definition) is 7. The molecule has 0 unspecified atom stereocenters. The summed E-state index contributed by atoms with van der Waals surface area (Å²) in [6.07, 6.45) is 6.63. The van der Waals surface area contributed by atoms with Crippen LogP contribution in [-0.4, -0.2) is 56.5 Å². The number of unbranched alkanes of at least 4 members (excludes halogenated alkanes) is 1. The normalized spacial score (nSPS) is 16.9. The number of piperidine rings is 1. The lowest BCUT2D eigenvalue weighted by Crippen LogP contribution is -2.48. The molecular weight excluding hydrogens is 554 g/mol. The molecule has 1 aromatic heterocycles. The van der Waals surface area contributed by atoms with Gasteiger partial charge in [-0.1, -0.05) is 23.2 Å². The van der Waals surface area contributed by atoms with Crippen molar-refractivity contribution in [1.82, 2.24) is 9.88 Å². The van der Waals surface area contributed by atoms with Gasteiger partial charge in [0.1, 0.15) is 18.0 Å². The van der Waals surface area contributed by atoms with Crippen LogP contribution in [0.5, 0.6) is 17.2 Å². The number of nitriles is 1. The van der Waals surface area contributed by atoms with Crippen LogP contribution >= 0.6 is 23.2 Å². The largest absolute Gasteiger partial charge is 0.495 e. The van der Waals surface area contributed by atoms with Crippen LogP contribution in [0.4, 0.5) is 15.8 Å². The Balaban J connectivity index is 1.25. The number of nitrogens with zero attached hydrogens (tertiary/aromatic N) is 3. The Bertz CT molecular complexity index is 1410. The number of benzene rings is 2. The van der Waals surface area contributed by atoms with E-state index in [0.717, 1.165) is 58.2 Å². The maximum absolute atomic E-state index is 13.3. The van der Waals surface area contributed by atoms with Gasteiger partial charge in [0.15, 0.2) is 11.5 Å². The average molecular weight is 588 g/mol. The molecule has 10 heteroatoms. The van der Waals surface area contributed by atoms with E-state index in [1.165, 1.54) is 13.3 Å². The molecule has 3 aromatic rings. The lowest BCUT2D eigenvalue weighted by Gasteiger charge is -2.49. The molecule has 40 heavy (non-hydrogen) atoms. The number of halogens is 3. The Hall–Kier alpha value is -2.99. The zero-order valence-electron chi connectivity index (χ0n) is 22.7. The van der Waals surface area contributed by atoms with Crippen molar-refractivity contribution in [1.29, 1.82) is 5.26 Å². The van der Waals surface area contributed by atoms with Gasteiger partial charge in [-0.25, -0.2) is 4.39 Å². The van der Waals surface area contributed by atoms with Crippen molar-refractivity contribution in [3.63, 3.8) is 0 Å². The molecule has 2 aromatic carbocycles. The summed E-state index contributed by atoms with van der Waals surface area (Å²) in [5.74, 6) is 1.59. The SMILES string of the molecule is COc1cc(Nc2c(C#N)cnc3cc(OCCCCN4CCC5(CC4)CC(F)C5)c(OC)cc23)c(Cl)cc1Cl. The van der Waals surface area contributed by atoms with Gasteiger partial charge in [-0.15, -0.1) is 0 Å². The minimum atomic E-state index is -0.576. The summed E-state index contributed by atoms with van der Waals surface area (Å²) in [4.78, 5) is 6.97. The van der Waals surface area contributed by atoms with E-state index < -0.39 is 6.17 Å². The van der Waals surface area contributed by atoms with Crippen LogP contribution in [-0.2, 0) is 0 Å². The Kier molecular flexibility index (Phi) is 8.74. The number of rotatable bonds is 10. The Morgan fingerprint density at radius 1 is 1.05 bits per heavy atom. The van der Waals surface area contributed by atoms with Crippen LogP contribution in [0.3, 0.4) is 0 Å². The maximum Gasteiger partial charge on any atom is 0.163 e. The first-order chi connectivity index (χ1) is 19.3. The predicted molar refractivity (Wildman–Crippen MR) is 156 cm³/mol. The van der Waals surface area contributed by atoms with Crippen LogP contribution < -0.4 is 19.5 Å². The fourth-order valence-corrected chi connectivity index (χ4v) is 6.27. The first-order valence-electron chi connectivity index (χ1n) is 13.5. The third kappa shape index (κ3) is 6.02. The zero-order valence-corrected chi connectivity index (χ0v) is 24.2. The predicted octanol–water partition coefficient (Wildman–Crippen LogP) is 7.55. The molecule has 1 spiro atoms. The van der Waals surface area contributed by atoms with Crippen LogP contribution in [0, 0.1) is 16.7 Å². The summed E-state index contributed by atoms with van der Waals surface area (Å²) in [5, 5.41) is 14.5. The van der Waals surface area contributed by atoms with E-state index in [1.54, 1.807) is 19.2 Å². The molecule has 212 valence electrons. The summed E-state index contributed by atoms with van der Waals surface area (Å²) >= 11 is 12.6. The smallest absolute Gasteiger partial charge is 0.163 e. The molecule has 1 saturated heterocycles. The molecule has 1 aliphatic heterocycles. The molecule has 7 nitrogen and oxygen atoms in total. The minimum Gasteiger partial charge on any atom is -0.495 e.